The summed E-state index contributed by atoms with van der Waals surface area (Å²) in [7, 11) is 1.91. The van der Waals surface area contributed by atoms with Crippen molar-refractivity contribution in [2.75, 3.05) is 13.1 Å². The van der Waals surface area contributed by atoms with Crippen LogP contribution < -0.4 is 10.6 Å². The standard InChI is InChI=1S/C13H22N4O.ClH/c1-9(11-7-15-17(4)10(11)2)16-12(18)13(3)5-6-14-8-13;/h7,9,14H,5-6,8H2,1-4H3,(H,16,18);1H. The molecule has 1 aromatic heterocycles. The number of aromatic nitrogens is 2. The molecule has 2 atom stereocenters. The lowest BCUT2D eigenvalue weighted by molar-refractivity contribution is -0.129. The van der Waals surface area contributed by atoms with Gasteiger partial charge in [0.25, 0.3) is 0 Å². The molecular formula is C13H23ClN4O. The van der Waals surface area contributed by atoms with E-state index < -0.39 is 0 Å². The van der Waals surface area contributed by atoms with Crippen molar-refractivity contribution in [1.29, 1.82) is 0 Å². The number of nitrogens with zero attached hydrogens (tertiary/aromatic N) is 2. The molecule has 1 amide bonds. The second kappa shape index (κ2) is 5.92. The molecule has 0 spiro atoms. The fraction of sp³-hybridized carbons (Fsp3) is 0.692. The van der Waals surface area contributed by atoms with E-state index in [9.17, 15) is 4.79 Å². The van der Waals surface area contributed by atoms with Gasteiger partial charge in [-0.2, -0.15) is 5.10 Å². The number of carbonyl (C=O) groups is 1. The van der Waals surface area contributed by atoms with Gasteiger partial charge in [0.2, 0.25) is 5.91 Å². The first-order valence-corrected chi connectivity index (χ1v) is 6.44. The van der Waals surface area contributed by atoms with Gasteiger partial charge in [-0.15, -0.1) is 12.4 Å². The summed E-state index contributed by atoms with van der Waals surface area (Å²) in [5, 5.41) is 10.6. The fourth-order valence-corrected chi connectivity index (χ4v) is 2.40. The average molecular weight is 287 g/mol. The third-order valence-corrected chi connectivity index (χ3v) is 4.00. The molecule has 1 aliphatic rings. The highest BCUT2D eigenvalue weighted by atomic mass is 35.5. The number of nitrogens with one attached hydrogen (secondary N) is 2. The molecule has 1 fully saturated rings. The van der Waals surface area contributed by atoms with E-state index in [1.165, 1.54) is 0 Å². The minimum absolute atomic E-state index is 0. The van der Waals surface area contributed by atoms with E-state index in [0.717, 1.165) is 30.8 Å². The maximum Gasteiger partial charge on any atom is 0.227 e. The summed E-state index contributed by atoms with van der Waals surface area (Å²) in [6, 6.07) is 0.00336. The Morgan fingerprint density at radius 3 is 2.79 bits per heavy atom. The number of hydrogen-bond acceptors (Lipinski definition) is 3. The molecular weight excluding hydrogens is 264 g/mol. The average Bonchev–Trinajstić information content (AvgIpc) is 2.89. The highest BCUT2D eigenvalue weighted by Crippen LogP contribution is 2.26. The normalized spacial score (nSPS) is 23.8. The predicted molar refractivity (Wildman–Crippen MR) is 77.3 cm³/mol. The second-order valence-electron chi connectivity index (χ2n) is 5.49. The van der Waals surface area contributed by atoms with E-state index >= 15 is 0 Å². The molecule has 19 heavy (non-hydrogen) atoms. The first-order valence-electron chi connectivity index (χ1n) is 6.44. The zero-order valence-electron chi connectivity index (χ0n) is 12.0. The summed E-state index contributed by atoms with van der Waals surface area (Å²) in [4.78, 5) is 12.3. The van der Waals surface area contributed by atoms with Crippen molar-refractivity contribution in [2.45, 2.75) is 33.2 Å². The number of carbonyl (C=O) groups excluding carboxylic acids is 1. The topological polar surface area (TPSA) is 59.0 Å². The molecule has 2 unspecified atom stereocenters. The second-order valence-corrected chi connectivity index (χ2v) is 5.49. The molecule has 0 saturated carbocycles. The molecule has 1 aliphatic heterocycles. The van der Waals surface area contributed by atoms with Crippen LogP contribution in [0.5, 0.6) is 0 Å². The van der Waals surface area contributed by atoms with Crippen LogP contribution in [0.3, 0.4) is 0 Å². The molecule has 2 heterocycles. The minimum atomic E-state index is -0.273. The van der Waals surface area contributed by atoms with Crippen LogP contribution in [0, 0.1) is 12.3 Å². The molecule has 0 radical (unpaired) electrons. The highest BCUT2D eigenvalue weighted by Gasteiger charge is 2.36. The van der Waals surface area contributed by atoms with Crippen molar-refractivity contribution >= 4 is 18.3 Å². The Kier molecular flexibility index (Phi) is 4.98. The zero-order chi connectivity index (χ0) is 13.3. The summed E-state index contributed by atoms with van der Waals surface area (Å²) in [6.45, 7) is 7.73. The van der Waals surface area contributed by atoms with Gasteiger partial charge in [-0.1, -0.05) is 0 Å². The maximum absolute atomic E-state index is 12.3. The van der Waals surface area contributed by atoms with Gasteiger partial charge in [0.1, 0.15) is 0 Å². The van der Waals surface area contributed by atoms with Crippen LogP contribution in [-0.2, 0) is 11.8 Å². The Balaban J connectivity index is 0.00000180. The number of halogens is 1. The van der Waals surface area contributed by atoms with Crippen LogP contribution in [0.1, 0.15) is 37.6 Å². The molecule has 0 aromatic carbocycles. The Labute approximate surface area is 120 Å². The largest absolute Gasteiger partial charge is 0.349 e. The van der Waals surface area contributed by atoms with Crippen molar-refractivity contribution in [2.24, 2.45) is 12.5 Å². The smallest absolute Gasteiger partial charge is 0.227 e. The Morgan fingerprint density at radius 2 is 2.32 bits per heavy atom. The number of amides is 1. The molecule has 1 saturated heterocycles. The maximum atomic E-state index is 12.3. The van der Waals surface area contributed by atoms with Crippen molar-refractivity contribution in [3.8, 4) is 0 Å². The number of rotatable bonds is 3. The van der Waals surface area contributed by atoms with E-state index in [0.29, 0.717) is 0 Å². The van der Waals surface area contributed by atoms with Gasteiger partial charge in [-0.3, -0.25) is 9.48 Å². The van der Waals surface area contributed by atoms with E-state index in [1.807, 2.05) is 38.7 Å². The molecule has 6 heteroatoms. The van der Waals surface area contributed by atoms with Crippen LogP contribution >= 0.6 is 12.4 Å². The van der Waals surface area contributed by atoms with Gasteiger partial charge in [-0.05, 0) is 33.7 Å². The van der Waals surface area contributed by atoms with Crippen LogP contribution in [0.25, 0.3) is 0 Å². The first kappa shape index (κ1) is 16.0. The SMILES string of the molecule is Cc1c(C(C)NC(=O)C2(C)CCNC2)cnn1C.Cl. The van der Waals surface area contributed by atoms with Crippen LogP contribution in [-0.4, -0.2) is 28.8 Å². The molecule has 2 N–H and O–H groups in total. The summed E-state index contributed by atoms with van der Waals surface area (Å²) < 4.78 is 1.83. The summed E-state index contributed by atoms with van der Waals surface area (Å²) in [5.41, 5.74) is 1.91. The fourth-order valence-electron chi connectivity index (χ4n) is 2.40. The lowest BCUT2D eigenvalue weighted by Crippen LogP contribution is -2.41. The van der Waals surface area contributed by atoms with E-state index in [1.54, 1.807) is 0 Å². The highest BCUT2D eigenvalue weighted by molar-refractivity contribution is 5.85. The molecule has 5 nitrogen and oxygen atoms in total. The quantitative estimate of drug-likeness (QED) is 0.881. The molecule has 1 aromatic rings. The van der Waals surface area contributed by atoms with Gasteiger partial charge >= 0.3 is 0 Å². The van der Waals surface area contributed by atoms with Crippen LogP contribution in [0.15, 0.2) is 6.20 Å². The van der Waals surface area contributed by atoms with E-state index in [2.05, 4.69) is 15.7 Å². The van der Waals surface area contributed by atoms with Crippen molar-refractivity contribution < 1.29 is 4.79 Å². The van der Waals surface area contributed by atoms with Gasteiger partial charge in [0, 0.05) is 24.8 Å². The predicted octanol–water partition coefficient (Wildman–Crippen LogP) is 1.33. The van der Waals surface area contributed by atoms with Crippen molar-refractivity contribution in [3.05, 3.63) is 17.5 Å². The van der Waals surface area contributed by atoms with E-state index in [4.69, 9.17) is 0 Å². The zero-order valence-corrected chi connectivity index (χ0v) is 12.8. The van der Waals surface area contributed by atoms with Crippen LogP contribution in [0.2, 0.25) is 0 Å². The summed E-state index contributed by atoms with van der Waals surface area (Å²) >= 11 is 0. The Morgan fingerprint density at radius 1 is 1.63 bits per heavy atom. The lowest BCUT2D eigenvalue weighted by atomic mass is 9.88. The van der Waals surface area contributed by atoms with Gasteiger partial charge in [-0.25, -0.2) is 0 Å². The van der Waals surface area contributed by atoms with Crippen molar-refractivity contribution in [1.82, 2.24) is 20.4 Å². The van der Waals surface area contributed by atoms with Crippen LogP contribution in [0.4, 0.5) is 0 Å². The minimum Gasteiger partial charge on any atom is -0.349 e. The Hall–Kier alpha value is -1.07. The molecule has 108 valence electrons. The first-order chi connectivity index (χ1) is 8.44. The summed E-state index contributed by atoms with van der Waals surface area (Å²) in [5.74, 6) is 0.128. The monoisotopic (exact) mass is 286 g/mol. The molecule has 0 aliphatic carbocycles. The lowest BCUT2D eigenvalue weighted by Gasteiger charge is -2.24. The van der Waals surface area contributed by atoms with Gasteiger partial charge < -0.3 is 10.6 Å². The Bertz CT molecular complexity index is 451. The number of aryl methyl sites for hydroxylation is 1. The van der Waals surface area contributed by atoms with E-state index in [-0.39, 0.29) is 29.8 Å². The number of hydrogen-bond donors (Lipinski definition) is 2. The van der Waals surface area contributed by atoms with Gasteiger partial charge in [0.15, 0.2) is 0 Å². The van der Waals surface area contributed by atoms with Gasteiger partial charge in [0.05, 0.1) is 17.7 Å². The molecule has 0 bridgehead atoms. The third kappa shape index (κ3) is 3.09. The summed E-state index contributed by atoms with van der Waals surface area (Å²) in [6.07, 6.45) is 2.73. The third-order valence-electron chi connectivity index (χ3n) is 4.00. The molecule has 2 rings (SSSR count). The van der Waals surface area contributed by atoms with Crippen molar-refractivity contribution in [3.63, 3.8) is 0 Å².